The van der Waals surface area contributed by atoms with Crippen LogP contribution < -0.4 is 14.8 Å². The summed E-state index contributed by atoms with van der Waals surface area (Å²) in [7, 11) is 4.19. The van der Waals surface area contributed by atoms with E-state index in [1.165, 1.54) is 44.8 Å². The number of ether oxygens (including phenoxy) is 3. The Morgan fingerprint density at radius 1 is 1.10 bits per heavy atom. The van der Waals surface area contributed by atoms with Gasteiger partial charge in [0.05, 0.1) is 50.4 Å². The van der Waals surface area contributed by atoms with Gasteiger partial charge < -0.3 is 19.5 Å². The van der Waals surface area contributed by atoms with Crippen LogP contribution in [0.5, 0.6) is 11.5 Å². The van der Waals surface area contributed by atoms with Crippen molar-refractivity contribution in [1.82, 2.24) is 9.97 Å². The standard InChI is InChI=1S/C20H19N3O5S/c1-26-16-9-13(20(25)28-3)15(10-17(16)27-2)23-18(24)8-12-11-29-19(22-12)14-6-4-5-7-21-14/h4-7,9-11H,8H2,1-3H3,(H,23,24). The summed E-state index contributed by atoms with van der Waals surface area (Å²) in [6.07, 6.45) is 1.73. The highest BCUT2D eigenvalue weighted by atomic mass is 32.1. The van der Waals surface area contributed by atoms with E-state index in [4.69, 9.17) is 14.2 Å². The highest BCUT2D eigenvalue weighted by Gasteiger charge is 2.19. The van der Waals surface area contributed by atoms with Crippen molar-refractivity contribution in [2.75, 3.05) is 26.6 Å². The number of benzene rings is 1. The van der Waals surface area contributed by atoms with Crippen molar-refractivity contribution < 1.29 is 23.8 Å². The zero-order chi connectivity index (χ0) is 20.8. The molecule has 1 aromatic carbocycles. The lowest BCUT2D eigenvalue weighted by Gasteiger charge is -2.14. The van der Waals surface area contributed by atoms with E-state index >= 15 is 0 Å². The van der Waals surface area contributed by atoms with E-state index in [9.17, 15) is 9.59 Å². The number of aromatic nitrogens is 2. The summed E-state index contributed by atoms with van der Waals surface area (Å²) in [5, 5.41) is 5.26. The largest absolute Gasteiger partial charge is 0.493 e. The number of anilines is 1. The second-order valence-electron chi connectivity index (χ2n) is 5.83. The lowest BCUT2D eigenvalue weighted by atomic mass is 10.1. The average molecular weight is 413 g/mol. The Hall–Kier alpha value is -3.46. The lowest BCUT2D eigenvalue weighted by Crippen LogP contribution is -2.17. The van der Waals surface area contributed by atoms with Gasteiger partial charge in [0.2, 0.25) is 5.91 Å². The van der Waals surface area contributed by atoms with E-state index in [1.807, 2.05) is 18.2 Å². The molecule has 29 heavy (non-hydrogen) atoms. The molecule has 0 aliphatic carbocycles. The molecule has 1 N–H and O–H groups in total. The Balaban J connectivity index is 1.80. The summed E-state index contributed by atoms with van der Waals surface area (Å²) in [6, 6.07) is 8.54. The number of hydrogen-bond acceptors (Lipinski definition) is 8. The van der Waals surface area contributed by atoms with Crippen LogP contribution in [0.1, 0.15) is 16.1 Å². The molecule has 0 saturated carbocycles. The zero-order valence-electron chi connectivity index (χ0n) is 16.1. The van der Waals surface area contributed by atoms with Crippen molar-refractivity contribution in [2.24, 2.45) is 0 Å². The molecule has 0 aliphatic heterocycles. The van der Waals surface area contributed by atoms with Crippen LogP contribution in [0.25, 0.3) is 10.7 Å². The molecule has 1 amide bonds. The molecular formula is C20H19N3O5S. The van der Waals surface area contributed by atoms with E-state index in [1.54, 1.807) is 11.6 Å². The number of rotatable bonds is 7. The first-order valence-corrected chi connectivity index (χ1v) is 9.43. The predicted octanol–water partition coefficient (Wildman–Crippen LogP) is 3.19. The summed E-state index contributed by atoms with van der Waals surface area (Å²) in [5.41, 5.74) is 1.77. The Morgan fingerprint density at radius 3 is 2.52 bits per heavy atom. The third kappa shape index (κ3) is 4.69. The van der Waals surface area contributed by atoms with E-state index in [2.05, 4.69) is 15.3 Å². The van der Waals surface area contributed by atoms with Crippen LogP contribution in [0.2, 0.25) is 0 Å². The SMILES string of the molecule is COC(=O)c1cc(OC)c(OC)cc1NC(=O)Cc1csc(-c2ccccn2)n1. The van der Waals surface area contributed by atoms with Gasteiger partial charge in [-0.2, -0.15) is 0 Å². The molecule has 8 nitrogen and oxygen atoms in total. The lowest BCUT2D eigenvalue weighted by molar-refractivity contribution is -0.115. The van der Waals surface area contributed by atoms with Crippen LogP contribution in [0.3, 0.4) is 0 Å². The molecule has 9 heteroatoms. The third-order valence-corrected chi connectivity index (χ3v) is 4.89. The minimum Gasteiger partial charge on any atom is -0.493 e. The normalized spacial score (nSPS) is 10.3. The Morgan fingerprint density at radius 2 is 1.86 bits per heavy atom. The molecule has 0 radical (unpaired) electrons. The van der Waals surface area contributed by atoms with Gasteiger partial charge in [0, 0.05) is 23.7 Å². The zero-order valence-corrected chi connectivity index (χ0v) is 16.9. The fraction of sp³-hybridized carbons (Fsp3) is 0.200. The van der Waals surface area contributed by atoms with Crippen molar-refractivity contribution >= 4 is 28.9 Å². The maximum atomic E-state index is 12.6. The Labute approximate surface area is 171 Å². The number of esters is 1. The minimum absolute atomic E-state index is 0.0400. The molecule has 0 bridgehead atoms. The quantitative estimate of drug-likeness (QED) is 0.594. The topological polar surface area (TPSA) is 99.6 Å². The molecule has 3 aromatic rings. The number of pyridine rings is 1. The van der Waals surface area contributed by atoms with Gasteiger partial charge in [-0.1, -0.05) is 6.07 Å². The van der Waals surface area contributed by atoms with Crippen molar-refractivity contribution in [3.05, 3.63) is 53.2 Å². The second-order valence-corrected chi connectivity index (χ2v) is 6.69. The minimum atomic E-state index is -0.604. The van der Waals surface area contributed by atoms with Gasteiger partial charge in [-0.3, -0.25) is 9.78 Å². The van der Waals surface area contributed by atoms with Crippen LogP contribution in [-0.4, -0.2) is 43.2 Å². The van der Waals surface area contributed by atoms with Crippen LogP contribution in [0, 0.1) is 0 Å². The van der Waals surface area contributed by atoms with Gasteiger partial charge >= 0.3 is 5.97 Å². The number of hydrogen-bond donors (Lipinski definition) is 1. The number of carbonyl (C=O) groups is 2. The van der Waals surface area contributed by atoms with Crippen molar-refractivity contribution in [1.29, 1.82) is 0 Å². The summed E-state index contributed by atoms with van der Waals surface area (Å²) in [4.78, 5) is 33.4. The van der Waals surface area contributed by atoms with E-state index < -0.39 is 5.97 Å². The van der Waals surface area contributed by atoms with Gasteiger partial charge in [-0.05, 0) is 12.1 Å². The maximum absolute atomic E-state index is 12.6. The second kappa shape index (κ2) is 9.16. The molecule has 2 aromatic heterocycles. The summed E-state index contributed by atoms with van der Waals surface area (Å²) >= 11 is 1.41. The monoisotopic (exact) mass is 413 g/mol. The molecule has 3 rings (SSSR count). The van der Waals surface area contributed by atoms with Gasteiger partial charge in [-0.15, -0.1) is 11.3 Å². The summed E-state index contributed by atoms with van der Waals surface area (Å²) in [6.45, 7) is 0. The molecule has 0 saturated heterocycles. The first-order chi connectivity index (χ1) is 14.0. The molecule has 150 valence electrons. The van der Waals surface area contributed by atoms with Crippen LogP contribution in [0.4, 0.5) is 5.69 Å². The van der Waals surface area contributed by atoms with Crippen LogP contribution >= 0.6 is 11.3 Å². The Kier molecular flexibility index (Phi) is 6.40. The van der Waals surface area contributed by atoms with Gasteiger partial charge in [0.25, 0.3) is 0 Å². The van der Waals surface area contributed by atoms with E-state index in [0.29, 0.717) is 17.2 Å². The van der Waals surface area contributed by atoms with Crippen LogP contribution in [0.15, 0.2) is 41.9 Å². The van der Waals surface area contributed by atoms with Gasteiger partial charge in [0.15, 0.2) is 11.5 Å². The number of amides is 1. The molecule has 0 fully saturated rings. The molecule has 0 atom stereocenters. The smallest absolute Gasteiger partial charge is 0.340 e. The fourth-order valence-corrected chi connectivity index (χ4v) is 3.41. The molecule has 0 spiro atoms. The van der Waals surface area contributed by atoms with E-state index in [-0.39, 0.29) is 23.6 Å². The number of nitrogens with zero attached hydrogens (tertiary/aromatic N) is 2. The highest BCUT2D eigenvalue weighted by molar-refractivity contribution is 7.13. The number of carbonyl (C=O) groups excluding carboxylic acids is 2. The number of nitrogens with one attached hydrogen (secondary N) is 1. The first-order valence-electron chi connectivity index (χ1n) is 8.55. The third-order valence-electron chi connectivity index (χ3n) is 3.98. The maximum Gasteiger partial charge on any atom is 0.340 e. The van der Waals surface area contributed by atoms with Crippen molar-refractivity contribution in [2.45, 2.75) is 6.42 Å². The predicted molar refractivity (Wildman–Crippen MR) is 109 cm³/mol. The van der Waals surface area contributed by atoms with Gasteiger partial charge in [0.1, 0.15) is 5.01 Å². The Bertz CT molecular complexity index is 1020. The molecular weight excluding hydrogens is 394 g/mol. The molecule has 2 heterocycles. The van der Waals surface area contributed by atoms with Crippen molar-refractivity contribution in [3.63, 3.8) is 0 Å². The number of thiazole rings is 1. The summed E-state index contributed by atoms with van der Waals surface area (Å²) < 4.78 is 15.3. The fourth-order valence-electron chi connectivity index (χ4n) is 2.62. The summed E-state index contributed by atoms with van der Waals surface area (Å²) in [5.74, 6) is -0.209. The molecule has 0 unspecified atom stereocenters. The van der Waals surface area contributed by atoms with E-state index in [0.717, 1.165) is 10.7 Å². The van der Waals surface area contributed by atoms with Crippen LogP contribution in [-0.2, 0) is 16.0 Å². The molecule has 0 aliphatic rings. The van der Waals surface area contributed by atoms with Crippen molar-refractivity contribution in [3.8, 4) is 22.2 Å². The average Bonchev–Trinajstić information content (AvgIpc) is 3.21. The van der Waals surface area contributed by atoms with Gasteiger partial charge in [-0.25, -0.2) is 9.78 Å². The highest BCUT2D eigenvalue weighted by Crippen LogP contribution is 2.34. The first kappa shape index (κ1) is 20.3. The number of methoxy groups -OCH3 is 3.